The Hall–Kier alpha value is -2.44. The largest absolute Gasteiger partial charge is 0.381 e. The number of amides is 2. The van der Waals surface area contributed by atoms with Crippen LogP contribution in [0.25, 0.3) is 10.8 Å². The Kier molecular flexibility index (Phi) is 6.42. The van der Waals surface area contributed by atoms with Crippen molar-refractivity contribution in [1.29, 1.82) is 0 Å². The van der Waals surface area contributed by atoms with Crippen molar-refractivity contribution < 1.29 is 14.3 Å². The summed E-state index contributed by atoms with van der Waals surface area (Å²) in [5.74, 6) is 0.360. The maximum Gasteiger partial charge on any atom is 0.237 e. The molecule has 2 amide bonds. The Morgan fingerprint density at radius 3 is 2.79 bits per heavy atom. The number of piperazine rings is 1. The van der Waals surface area contributed by atoms with Gasteiger partial charge in [0.1, 0.15) is 0 Å². The van der Waals surface area contributed by atoms with Gasteiger partial charge >= 0.3 is 0 Å². The first-order chi connectivity index (χ1) is 14.2. The number of hydrogen-bond acceptors (Lipinski definition) is 4. The number of nitrogens with zero attached hydrogens (tertiary/aromatic N) is 1. The molecule has 2 aromatic carbocycles. The van der Waals surface area contributed by atoms with Gasteiger partial charge in [-0.2, -0.15) is 0 Å². The van der Waals surface area contributed by atoms with Crippen molar-refractivity contribution in [2.24, 2.45) is 5.92 Å². The van der Waals surface area contributed by atoms with Gasteiger partial charge in [-0.1, -0.05) is 42.5 Å². The van der Waals surface area contributed by atoms with E-state index in [1.54, 1.807) is 0 Å². The first-order valence-electron chi connectivity index (χ1n) is 10.5. The van der Waals surface area contributed by atoms with E-state index in [2.05, 4.69) is 45.9 Å². The summed E-state index contributed by atoms with van der Waals surface area (Å²) in [4.78, 5) is 27.2. The highest BCUT2D eigenvalue weighted by Crippen LogP contribution is 2.22. The fraction of sp³-hybridized carbons (Fsp3) is 0.478. The molecule has 2 N–H and O–H groups in total. The van der Waals surface area contributed by atoms with Crippen molar-refractivity contribution in [2.45, 2.75) is 31.8 Å². The summed E-state index contributed by atoms with van der Waals surface area (Å²) in [5, 5.41) is 8.34. The molecule has 0 radical (unpaired) electrons. The predicted molar refractivity (Wildman–Crippen MR) is 112 cm³/mol. The molecular formula is C23H29N3O3. The molecule has 29 heavy (non-hydrogen) atoms. The molecule has 0 spiro atoms. The van der Waals surface area contributed by atoms with Gasteiger partial charge in [-0.3, -0.25) is 14.5 Å². The van der Waals surface area contributed by atoms with Crippen molar-refractivity contribution >= 4 is 22.6 Å². The molecule has 2 saturated heterocycles. The number of rotatable bonds is 6. The molecule has 0 saturated carbocycles. The first-order valence-corrected chi connectivity index (χ1v) is 10.5. The average molecular weight is 396 g/mol. The highest BCUT2D eigenvalue weighted by atomic mass is 16.5. The summed E-state index contributed by atoms with van der Waals surface area (Å²) in [6, 6.07) is 14.1. The Morgan fingerprint density at radius 2 is 1.93 bits per heavy atom. The molecule has 2 heterocycles. The Morgan fingerprint density at radius 1 is 1.14 bits per heavy atom. The maximum atomic E-state index is 12.6. The topological polar surface area (TPSA) is 70.7 Å². The lowest BCUT2D eigenvalue weighted by Gasteiger charge is -2.35. The zero-order chi connectivity index (χ0) is 20.1. The number of ether oxygens (including phenoxy) is 1. The van der Waals surface area contributed by atoms with Crippen molar-refractivity contribution in [3.05, 3.63) is 48.0 Å². The molecular weight excluding hydrogens is 366 g/mol. The van der Waals surface area contributed by atoms with E-state index in [0.717, 1.165) is 32.6 Å². The summed E-state index contributed by atoms with van der Waals surface area (Å²) < 4.78 is 5.37. The number of hydrogen-bond donors (Lipinski definition) is 2. The molecule has 6 nitrogen and oxygen atoms in total. The van der Waals surface area contributed by atoms with Gasteiger partial charge in [0.15, 0.2) is 0 Å². The van der Waals surface area contributed by atoms with Crippen molar-refractivity contribution in [1.82, 2.24) is 15.5 Å². The van der Waals surface area contributed by atoms with E-state index < -0.39 is 6.04 Å². The predicted octanol–water partition coefficient (Wildman–Crippen LogP) is 2.07. The zero-order valence-corrected chi connectivity index (χ0v) is 16.7. The van der Waals surface area contributed by atoms with Gasteiger partial charge in [-0.15, -0.1) is 0 Å². The van der Waals surface area contributed by atoms with Crippen molar-refractivity contribution in [3.8, 4) is 0 Å². The van der Waals surface area contributed by atoms with E-state index in [-0.39, 0.29) is 18.2 Å². The van der Waals surface area contributed by atoms with Crippen LogP contribution in [0.5, 0.6) is 0 Å². The minimum atomic E-state index is -0.433. The standard InChI is InChI=1S/C23H29N3O3/c27-22(25-15-17-8-12-29-13-9-17)14-21-23(28)24-10-11-26(21)16-19-6-3-5-18-4-1-2-7-20(18)19/h1-7,17,21H,8-16H2,(H,24,28)(H,25,27)/t21-/m0/s1. The molecule has 4 rings (SSSR count). The van der Waals surface area contributed by atoms with Crippen LogP contribution in [-0.2, 0) is 20.9 Å². The van der Waals surface area contributed by atoms with Gasteiger partial charge in [0.05, 0.1) is 12.5 Å². The zero-order valence-electron chi connectivity index (χ0n) is 16.7. The molecule has 2 fully saturated rings. The van der Waals surface area contributed by atoms with Crippen LogP contribution in [-0.4, -0.2) is 55.6 Å². The summed E-state index contributed by atoms with van der Waals surface area (Å²) in [7, 11) is 0. The van der Waals surface area contributed by atoms with Gasteiger partial charge in [-0.25, -0.2) is 0 Å². The second-order valence-corrected chi connectivity index (χ2v) is 7.98. The average Bonchev–Trinajstić information content (AvgIpc) is 2.76. The Labute approximate surface area is 171 Å². The van der Waals surface area contributed by atoms with Crippen LogP contribution in [0.15, 0.2) is 42.5 Å². The van der Waals surface area contributed by atoms with Gasteiger partial charge in [-0.05, 0) is 35.1 Å². The Balaban J connectivity index is 1.41. The highest BCUT2D eigenvalue weighted by molar-refractivity contribution is 5.89. The third-order valence-electron chi connectivity index (χ3n) is 6.00. The second kappa shape index (κ2) is 9.37. The van der Waals surface area contributed by atoms with E-state index in [1.165, 1.54) is 16.3 Å². The number of carbonyl (C=O) groups excluding carboxylic acids is 2. The van der Waals surface area contributed by atoms with Crippen LogP contribution < -0.4 is 10.6 Å². The van der Waals surface area contributed by atoms with Crippen LogP contribution >= 0.6 is 0 Å². The molecule has 2 aliphatic rings. The SMILES string of the molecule is O=C(C[C@H]1C(=O)NCCN1Cc1cccc2ccccc12)NCC1CCOCC1. The monoisotopic (exact) mass is 395 g/mol. The summed E-state index contributed by atoms with van der Waals surface area (Å²) in [6.45, 7) is 4.22. The fourth-order valence-electron chi connectivity index (χ4n) is 4.28. The molecule has 2 aliphatic heterocycles. The van der Waals surface area contributed by atoms with Crippen LogP contribution in [0.4, 0.5) is 0 Å². The number of fused-ring (bicyclic) bond motifs is 1. The lowest BCUT2D eigenvalue weighted by Crippen LogP contribution is -2.56. The third kappa shape index (κ3) is 4.95. The van der Waals surface area contributed by atoms with Gasteiger partial charge in [0, 0.05) is 39.4 Å². The van der Waals surface area contributed by atoms with Crippen molar-refractivity contribution in [2.75, 3.05) is 32.8 Å². The van der Waals surface area contributed by atoms with Crippen molar-refractivity contribution in [3.63, 3.8) is 0 Å². The summed E-state index contributed by atoms with van der Waals surface area (Å²) in [6.07, 6.45) is 2.16. The third-order valence-corrected chi connectivity index (χ3v) is 6.00. The molecule has 0 aliphatic carbocycles. The maximum absolute atomic E-state index is 12.6. The van der Waals surface area contributed by atoms with E-state index >= 15 is 0 Å². The van der Waals surface area contributed by atoms with Gasteiger partial charge < -0.3 is 15.4 Å². The molecule has 154 valence electrons. The van der Waals surface area contributed by atoms with E-state index in [1.807, 2.05) is 12.1 Å². The summed E-state index contributed by atoms with van der Waals surface area (Å²) in [5.41, 5.74) is 1.19. The minimum absolute atomic E-state index is 0.0542. The van der Waals surface area contributed by atoms with Gasteiger partial charge in [0.25, 0.3) is 0 Å². The molecule has 1 atom stereocenters. The minimum Gasteiger partial charge on any atom is -0.381 e. The van der Waals surface area contributed by atoms with Crippen LogP contribution in [0.3, 0.4) is 0 Å². The number of nitrogens with one attached hydrogen (secondary N) is 2. The highest BCUT2D eigenvalue weighted by Gasteiger charge is 2.32. The molecule has 2 aromatic rings. The second-order valence-electron chi connectivity index (χ2n) is 7.98. The normalized spacial score (nSPS) is 21.1. The molecule has 6 heteroatoms. The number of benzene rings is 2. The first kappa shape index (κ1) is 19.9. The van der Waals surface area contributed by atoms with E-state index in [0.29, 0.717) is 25.6 Å². The lowest BCUT2D eigenvalue weighted by molar-refractivity contribution is -0.134. The molecule has 0 bridgehead atoms. The van der Waals surface area contributed by atoms with Crippen LogP contribution in [0, 0.1) is 5.92 Å². The quantitative estimate of drug-likeness (QED) is 0.786. The van der Waals surface area contributed by atoms with Crippen LogP contribution in [0.1, 0.15) is 24.8 Å². The molecule has 0 aromatic heterocycles. The fourth-order valence-corrected chi connectivity index (χ4v) is 4.28. The number of carbonyl (C=O) groups is 2. The summed E-state index contributed by atoms with van der Waals surface area (Å²) >= 11 is 0. The van der Waals surface area contributed by atoms with Crippen LogP contribution in [0.2, 0.25) is 0 Å². The van der Waals surface area contributed by atoms with E-state index in [4.69, 9.17) is 4.74 Å². The Bertz CT molecular complexity index is 858. The van der Waals surface area contributed by atoms with Gasteiger partial charge in [0.2, 0.25) is 11.8 Å². The molecule has 0 unspecified atom stereocenters. The smallest absolute Gasteiger partial charge is 0.237 e. The van der Waals surface area contributed by atoms with E-state index in [9.17, 15) is 9.59 Å². The lowest BCUT2D eigenvalue weighted by atomic mass is 10.00.